The summed E-state index contributed by atoms with van der Waals surface area (Å²) in [6.07, 6.45) is 1.61. The number of nitrogens with one attached hydrogen (secondary N) is 1. The number of fused-ring (bicyclic) bond motifs is 1. The quantitative estimate of drug-likeness (QED) is 0.756. The van der Waals surface area contributed by atoms with E-state index in [4.69, 9.17) is 12.2 Å². The Kier molecular flexibility index (Phi) is 3.09. The van der Waals surface area contributed by atoms with Gasteiger partial charge in [0.05, 0.1) is 12.1 Å². The van der Waals surface area contributed by atoms with Crippen LogP contribution in [0.5, 0.6) is 0 Å². The van der Waals surface area contributed by atoms with Gasteiger partial charge in [0, 0.05) is 12.6 Å². The molecule has 0 amide bonds. The normalized spacial score (nSPS) is 11.3. The van der Waals surface area contributed by atoms with Gasteiger partial charge in [-0.15, -0.1) is 10.2 Å². The lowest BCUT2D eigenvalue weighted by atomic mass is 10.3. The van der Waals surface area contributed by atoms with E-state index >= 15 is 0 Å². The van der Waals surface area contributed by atoms with Crippen LogP contribution in [-0.4, -0.2) is 24.3 Å². The van der Waals surface area contributed by atoms with Crippen LogP contribution in [0.25, 0.3) is 11.0 Å². The van der Waals surface area contributed by atoms with Crippen LogP contribution in [0.3, 0.4) is 0 Å². The highest BCUT2D eigenvalue weighted by Gasteiger charge is 2.13. The minimum Gasteiger partial charge on any atom is -0.328 e. The van der Waals surface area contributed by atoms with Crippen LogP contribution in [0.1, 0.15) is 12.7 Å². The lowest BCUT2D eigenvalue weighted by Gasteiger charge is -2.05. The van der Waals surface area contributed by atoms with Crippen molar-refractivity contribution in [3.8, 4) is 0 Å². The number of benzene rings is 1. The van der Waals surface area contributed by atoms with Gasteiger partial charge in [0.1, 0.15) is 17.7 Å². The topological polar surface area (TPSA) is 51.4 Å². The SMILES string of the molecule is CCn1cnnc1Cn1c(=S)[nH]c2c(F)cc(F)cc21. The number of aromatic amines is 1. The molecule has 104 valence electrons. The number of imidazole rings is 1. The highest BCUT2D eigenvalue weighted by Crippen LogP contribution is 2.20. The zero-order valence-electron chi connectivity index (χ0n) is 10.6. The van der Waals surface area contributed by atoms with Crippen molar-refractivity contribution in [3.05, 3.63) is 40.7 Å². The van der Waals surface area contributed by atoms with Gasteiger partial charge in [-0.2, -0.15) is 0 Å². The van der Waals surface area contributed by atoms with Crippen molar-refractivity contribution < 1.29 is 8.78 Å². The zero-order chi connectivity index (χ0) is 14.3. The van der Waals surface area contributed by atoms with Crippen molar-refractivity contribution in [3.63, 3.8) is 0 Å². The maximum Gasteiger partial charge on any atom is 0.178 e. The van der Waals surface area contributed by atoms with Crippen molar-refractivity contribution >= 4 is 23.3 Å². The van der Waals surface area contributed by atoms with Gasteiger partial charge < -0.3 is 14.1 Å². The van der Waals surface area contributed by atoms with E-state index in [1.807, 2.05) is 11.5 Å². The molecule has 5 nitrogen and oxygen atoms in total. The lowest BCUT2D eigenvalue weighted by Crippen LogP contribution is -2.07. The van der Waals surface area contributed by atoms with Gasteiger partial charge in [0.25, 0.3) is 0 Å². The van der Waals surface area contributed by atoms with Gasteiger partial charge in [0.2, 0.25) is 0 Å². The van der Waals surface area contributed by atoms with Crippen molar-refractivity contribution in [2.75, 3.05) is 0 Å². The number of aryl methyl sites for hydroxylation is 1. The lowest BCUT2D eigenvalue weighted by molar-refractivity contribution is 0.589. The zero-order valence-corrected chi connectivity index (χ0v) is 11.4. The number of nitrogens with zero attached hydrogens (tertiary/aromatic N) is 4. The Morgan fingerprint density at radius 1 is 1.35 bits per heavy atom. The second kappa shape index (κ2) is 4.78. The predicted octanol–water partition coefficient (Wildman–Crippen LogP) is 2.64. The molecule has 0 fully saturated rings. The number of rotatable bonds is 3. The Bertz CT molecular complexity index is 832. The van der Waals surface area contributed by atoms with Crippen LogP contribution in [0.15, 0.2) is 18.5 Å². The molecule has 3 rings (SSSR count). The molecule has 0 bridgehead atoms. The van der Waals surface area contributed by atoms with Gasteiger partial charge in [0.15, 0.2) is 16.4 Å². The number of hydrogen-bond donors (Lipinski definition) is 1. The maximum atomic E-state index is 13.7. The second-order valence-electron chi connectivity index (χ2n) is 4.33. The summed E-state index contributed by atoms with van der Waals surface area (Å²) >= 11 is 5.17. The molecule has 0 aliphatic carbocycles. The minimum absolute atomic E-state index is 0.193. The van der Waals surface area contributed by atoms with Gasteiger partial charge in [-0.3, -0.25) is 0 Å². The highest BCUT2D eigenvalue weighted by molar-refractivity contribution is 7.71. The van der Waals surface area contributed by atoms with E-state index in [0.29, 0.717) is 29.2 Å². The van der Waals surface area contributed by atoms with E-state index in [2.05, 4.69) is 15.2 Å². The summed E-state index contributed by atoms with van der Waals surface area (Å²) in [5.41, 5.74) is 0.567. The van der Waals surface area contributed by atoms with E-state index in [9.17, 15) is 8.78 Å². The first-order valence-corrected chi connectivity index (χ1v) is 6.45. The molecule has 0 aliphatic heterocycles. The van der Waals surface area contributed by atoms with Crippen LogP contribution >= 0.6 is 12.2 Å². The molecule has 0 saturated heterocycles. The molecule has 0 radical (unpaired) electrons. The van der Waals surface area contributed by atoms with Gasteiger partial charge in [-0.1, -0.05) is 0 Å². The monoisotopic (exact) mass is 295 g/mol. The standard InChI is InChI=1S/C12H11F2N5S/c1-2-18-6-15-17-10(18)5-19-9-4-7(13)3-8(14)11(9)16-12(19)20/h3-4,6H,2,5H2,1H3,(H,16,20). The van der Waals surface area contributed by atoms with Crippen molar-refractivity contribution in [2.45, 2.75) is 20.0 Å². The Morgan fingerprint density at radius 2 is 2.15 bits per heavy atom. The summed E-state index contributed by atoms with van der Waals surface area (Å²) in [4.78, 5) is 2.75. The molecule has 0 spiro atoms. The molecule has 8 heteroatoms. The fraction of sp³-hybridized carbons (Fsp3) is 0.250. The Balaban J connectivity index is 2.16. The van der Waals surface area contributed by atoms with Crippen LogP contribution in [0.2, 0.25) is 0 Å². The molecule has 0 atom stereocenters. The van der Waals surface area contributed by atoms with Crippen molar-refractivity contribution in [1.29, 1.82) is 0 Å². The van der Waals surface area contributed by atoms with Crippen LogP contribution < -0.4 is 0 Å². The molecule has 0 saturated carbocycles. The summed E-state index contributed by atoms with van der Waals surface area (Å²) in [5, 5.41) is 7.82. The molecular formula is C12H11F2N5S. The van der Waals surface area contributed by atoms with Crippen LogP contribution in [0, 0.1) is 16.4 Å². The molecule has 2 heterocycles. The predicted molar refractivity (Wildman–Crippen MR) is 71.8 cm³/mol. The summed E-state index contributed by atoms with van der Waals surface area (Å²) < 4.78 is 30.8. The molecule has 20 heavy (non-hydrogen) atoms. The number of halogens is 2. The molecule has 0 aliphatic rings. The van der Waals surface area contributed by atoms with Gasteiger partial charge in [-0.05, 0) is 25.2 Å². The fourth-order valence-electron chi connectivity index (χ4n) is 2.14. The number of hydrogen-bond acceptors (Lipinski definition) is 3. The molecule has 2 aromatic heterocycles. The van der Waals surface area contributed by atoms with Crippen LogP contribution in [0.4, 0.5) is 8.78 Å². The first-order valence-electron chi connectivity index (χ1n) is 6.04. The summed E-state index contributed by atoms with van der Waals surface area (Å²) in [5.74, 6) is -0.634. The minimum atomic E-state index is -0.665. The van der Waals surface area contributed by atoms with E-state index in [1.165, 1.54) is 6.07 Å². The average molecular weight is 295 g/mol. The number of H-pyrrole nitrogens is 1. The average Bonchev–Trinajstić information content (AvgIpc) is 2.97. The fourth-order valence-corrected chi connectivity index (χ4v) is 2.41. The van der Waals surface area contributed by atoms with E-state index in [0.717, 1.165) is 6.07 Å². The third-order valence-electron chi connectivity index (χ3n) is 3.14. The van der Waals surface area contributed by atoms with Gasteiger partial charge in [-0.25, -0.2) is 8.78 Å². The Morgan fingerprint density at radius 3 is 2.90 bits per heavy atom. The van der Waals surface area contributed by atoms with Crippen molar-refractivity contribution in [1.82, 2.24) is 24.3 Å². The van der Waals surface area contributed by atoms with E-state index in [1.54, 1.807) is 10.9 Å². The first kappa shape index (κ1) is 12.9. The Hall–Kier alpha value is -2.09. The maximum absolute atomic E-state index is 13.7. The number of aromatic nitrogens is 5. The molecule has 3 aromatic rings. The molecular weight excluding hydrogens is 284 g/mol. The van der Waals surface area contributed by atoms with Crippen LogP contribution in [-0.2, 0) is 13.1 Å². The van der Waals surface area contributed by atoms with Gasteiger partial charge >= 0.3 is 0 Å². The summed E-state index contributed by atoms with van der Waals surface area (Å²) in [6.45, 7) is 2.97. The Labute approximate surface area is 117 Å². The van der Waals surface area contributed by atoms with E-state index < -0.39 is 11.6 Å². The van der Waals surface area contributed by atoms with E-state index in [-0.39, 0.29) is 5.52 Å². The molecule has 0 unspecified atom stereocenters. The first-order chi connectivity index (χ1) is 9.60. The highest BCUT2D eigenvalue weighted by atomic mass is 32.1. The van der Waals surface area contributed by atoms with Crippen molar-refractivity contribution in [2.24, 2.45) is 0 Å². The summed E-state index contributed by atoms with van der Waals surface area (Å²) in [7, 11) is 0. The summed E-state index contributed by atoms with van der Waals surface area (Å²) in [6, 6.07) is 2.07. The third-order valence-corrected chi connectivity index (χ3v) is 3.46. The smallest absolute Gasteiger partial charge is 0.178 e. The molecule has 1 N–H and O–H groups in total. The third kappa shape index (κ3) is 2.01. The second-order valence-corrected chi connectivity index (χ2v) is 4.72. The molecule has 1 aromatic carbocycles. The largest absolute Gasteiger partial charge is 0.328 e.